The summed E-state index contributed by atoms with van der Waals surface area (Å²) < 4.78 is 16.6. The summed E-state index contributed by atoms with van der Waals surface area (Å²) in [6.45, 7) is 6.23. The van der Waals surface area contributed by atoms with Gasteiger partial charge in [-0.3, -0.25) is 14.4 Å². The van der Waals surface area contributed by atoms with Crippen LogP contribution in [0.5, 0.6) is 0 Å². The molecule has 0 saturated carbocycles. The summed E-state index contributed by atoms with van der Waals surface area (Å²) in [4.78, 5) is 37.7. The molecule has 0 aliphatic carbocycles. The second kappa shape index (κ2) is 45.8. The number of rotatable bonds is 39. The van der Waals surface area contributed by atoms with Crippen LogP contribution in [0, 0.1) is 0 Å². The summed E-state index contributed by atoms with van der Waals surface area (Å²) in [6.07, 6.45) is 60.8. The maximum atomic E-state index is 12.7. The van der Waals surface area contributed by atoms with E-state index in [-0.39, 0.29) is 38.0 Å². The van der Waals surface area contributed by atoms with Gasteiger partial charge in [0, 0.05) is 19.3 Å². The van der Waals surface area contributed by atoms with Gasteiger partial charge >= 0.3 is 17.9 Å². The molecule has 6 nitrogen and oxygen atoms in total. The van der Waals surface area contributed by atoms with Gasteiger partial charge in [-0.25, -0.2) is 0 Å². The molecule has 58 heavy (non-hydrogen) atoms. The third kappa shape index (κ3) is 43.2. The lowest BCUT2D eigenvalue weighted by molar-refractivity contribution is -0.166. The first-order valence-corrected chi connectivity index (χ1v) is 22.9. The van der Waals surface area contributed by atoms with Crippen molar-refractivity contribution in [3.63, 3.8) is 0 Å². The Morgan fingerprint density at radius 3 is 1.36 bits per heavy atom. The second-order valence-electron chi connectivity index (χ2n) is 14.6. The van der Waals surface area contributed by atoms with Gasteiger partial charge in [0.15, 0.2) is 6.10 Å². The normalized spacial score (nSPS) is 13.1. The van der Waals surface area contributed by atoms with E-state index in [0.29, 0.717) is 19.3 Å². The van der Waals surface area contributed by atoms with E-state index in [2.05, 4.69) is 99.8 Å². The van der Waals surface area contributed by atoms with Crippen LogP contribution >= 0.6 is 0 Å². The van der Waals surface area contributed by atoms with E-state index in [1.165, 1.54) is 38.5 Å². The number of allylic oxidation sites excluding steroid dienone is 18. The van der Waals surface area contributed by atoms with Crippen molar-refractivity contribution in [1.29, 1.82) is 0 Å². The zero-order chi connectivity index (χ0) is 42.3. The monoisotopic (exact) mass is 803 g/mol. The van der Waals surface area contributed by atoms with E-state index in [1.54, 1.807) is 0 Å². The molecule has 0 radical (unpaired) electrons. The van der Waals surface area contributed by atoms with Crippen LogP contribution in [0.3, 0.4) is 0 Å². The average Bonchev–Trinajstić information content (AvgIpc) is 3.22. The maximum Gasteiger partial charge on any atom is 0.306 e. The van der Waals surface area contributed by atoms with E-state index in [9.17, 15) is 14.4 Å². The largest absolute Gasteiger partial charge is 0.462 e. The van der Waals surface area contributed by atoms with E-state index < -0.39 is 12.1 Å². The topological polar surface area (TPSA) is 78.9 Å². The van der Waals surface area contributed by atoms with Crippen LogP contribution in [0.4, 0.5) is 0 Å². The molecule has 0 aromatic heterocycles. The molecule has 1 unspecified atom stereocenters. The van der Waals surface area contributed by atoms with Crippen molar-refractivity contribution in [3.05, 3.63) is 109 Å². The van der Waals surface area contributed by atoms with Crippen molar-refractivity contribution in [2.75, 3.05) is 13.2 Å². The fourth-order valence-corrected chi connectivity index (χ4v) is 5.69. The lowest BCUT2D eigenvalue weighted by atomic mass is 10.1. The number of esters is 3. The molecule has 0 N–H and O–H groups in total. The van der Waals surface area contributed by atoms with Gasteiger partial charge in [-0.2, -0.15) is 0 Å². The third-order valence-corrected chi connectivity index (χ3v) is 9.10. The summed E-state index contributed by atoms with van der Waals surface area (Å²) in [5, 5.41) is 0. The molecule has 0 rings (SSSR count). The molecule has 0 aromatic rings. The van der Waals surface area contributed by atoms with Crippen molar-refractivity contribution in [1.82, 2.24) is 0 Å². The quantitative estimate of drug-likeness (QED) is 0.0202. The Kier molecular flexibility index (Phi) is 42.7. The molecule has 326 valence electrons. The lowest BCUT2D eigenvalue weighted by Gasteiger charge is -2.18. The number of unbranched alkanes of at least 4 members (excludes halogenated alkanes) is 13. The van der Waals surface area contributed by atoms with Gasteiger partial charge in [-0.15, -0.1) is 0 Å². The first-order valence-electron chi connectivity index (χ1n) is 22.9. The fraction of sp³-hybridized carbons (Fsp3) is 0.596. The van der Waals surface area contributed by atoms with Crippen molar-refractivity contribution < 1.29 is 28.6 Å². The summed E-state index contributed by atoms with van der Waals surface area (Å²) >= 11 is 0. The van der Waals surface area contributed by atoms with Gasteiger partial charge in [-0.1, -0.05) is 182 Å². The minimum atomic E-state index is -0.834. The van der Waals surface area contributed by atoms with Gasteiger partial charge in [0.25, 0.3) is 0 Å². The number of hydrogen-bond donors (Lipinski definition) is 0. The van der Waals surface area contributed by atoms with E-state index >= 15 is 0 Å². The highest BCUT2D eigenvalue weighted by atomic mass is 16.6. The van der Waals surface area contributed by atoms with Crippen LogP contribution in [-0.4, -0.2) is 37.2 Å². The van der Waals surface area contributed by atoms with Gasteiger partial charge in [0.05, 0.1) is 0 Å². The standard InChI is InChI=1S/C52H82O6/c1-4-7-10-13-16-19-22-25-26-28-30-33-36-39-42-45-51(54)57-48-49(47-56-50(53)44-41-38-35-32-29-24-21-18-15-12-9-6-3)58-52(55)46-43-40-37-34-31-27-23-20-17-14-11-8-5-2/h7,9-10,12-13,16,18-19,21-22,25-27,29,31-32,37,40,49H,4-6,8,11,14-15,17,20,23-24,28,30,33-36,38-39,41-48H2,1-3H3/b10-7-,12-9-,16-13-,21-18-,22-19-,26-25-,31-27-,32-29-,40-37-. The number of hydrogen-bond acceptors (Lipinski definition) is 6. The first kappa shape index (κ1) is 54.1. The molecular weight excluding hydrogens is 721 g/mol. The number of ether oxygens (including phenoxy) is 3. The molecule has 0 aromatic carbocycles. The van der Waals surface area contributed by atoms with Crippen LogP contribution in [-0.2, 0) is 28.6 Å². The minimum absolute atomic E-state index is 0.128. The predicted molar refractivity (Wildman–Crippen MR) is 247 cm³/mol. The van der Waals surface area contributed by atoms with Gasteiger partial charge in [-0.05, 0) is 89.9 Å². The molecule has 0 spiro atoms. The number of carbonyl (C=O) groups is 3. The van der Waals surface area contributed by atoms with Crippen molar-refractivity contribution in [3.8, 4) is 0 Å². The summed E-state index contributed by atoms with van der Waals surface area (Å²) in [6, 6.07) is 0. The maximum absolute atomic E-state index is 12.7. The minimum Gasteiger partial charge on any atom is -0.462 e. The Labute approximate surface area is 355 Å². The molecule has 0 saturated heterocycles. The first-order chi connectivity index (χ1) is 28.5. The Balaban J connectivity index is 4.57. The molecule has 0 aliphatic rings. The highest BCUT2D eigenvalue weighted by molar-refractivity contribution is 5.71. The SMILES string of the molecule is CC\C=C/C=C\C=C/C=C\CCCCCCCC(=O)OCC(COC(=O)CCCC/C=C\C/C=C\C/C=C\CC)OC(=O)CC/C=C\C/C=C\CCCCCCCC. The Morgan fingerprint density at radius 1 is 0.379 bits per heavy atom. The molecule has 0 bridgehead atoms. The van der Waals surface area contributed by atoms with Crippen LogP contribution in [0.15, 0.2) is 109 Å². The molecule has 6 heteroatoms. The zero-order valence-corrected chi connectivity index (χ0v) is 37.0. The molecular formula is C52H82O6. The van der Waals surface area contributed by atoms with Crippen LogP contribution in [0.2, 0.25) is 0 Å². The second-order valence-corrected chi connectivity index (χ2v) is 14.6. The van der Waals surface area contributed by atoms with E-state index in [1.807, 2.05) is 30.4 Å². The van der Waals surface area contributed by atoms with Crippen molar-refractivity contribution in [2.24, 2.45) is 0 Å². The van der Waals surface area contributed by atoms with Crippen LogP contribution in [0.1, 0.15) is 181 Å². The molecule has 0 heterocycles. The van der Waals surface area contributed by atoms with E-state index in [0.717, 1.165) is 89.9 Å². The highest BCUT2D eigenvalue weighted by Gasteiger charge is 2.19. The summed E-state index contributed by atoms with van der Waals surface area (Å²) in [7, 11) is 0. The van der Waals surface area contributed by atoms with Crippen LogP contribution < -0.4 is 0 Å². The third-order valence-electron chi connectivity index (χ3n) is 9.10. The Bertz CT molecular complexity index is 1240. The van der Waals surface area contributed by atoms with Crippen LogP contribution in [0.25, 0.3) is 0 Å². The molecule has 0 fully saturated rings. The molecule has 0 aliphatic heterocycles. The van der Waals surface area contributed by atoms with Gasteiger partial charge in [0.1, 0.15) is 13.2 Å². The van der Waals surface area contributed by atoms with Crippen molar-refractivity contribution in [2.45, 2.75) is 187 Å². The van der Waals surface area contributed by atoms with E-state index in [4.69, 9.17) is 14.2 Å². The Morgan fingerprint density at radius 2 is 0.793 bits per heavy atom. The van der Waals surface area contributed by atoms with Crippen molar-refractivity contribution >= 4 is 17.9 Å². The highest BCUT2D eigenvalue weighted by Crippen LogP contribution is 2.11. The Hall–Kier alpha value is -3.93. The lowest BCUT2D eigenvalue weighted by Crippen LogP contribution is -2.30. The number of carbonyl (C=O) groups excluding carboxylic acids is 3. The zero-order valence-electron chi connectivity index (χ0n) is 37.0. The summed E-state index contributed by atoms with van der Waals surface area (Å²) in [5.74, 6) is -1.07. The average molecular weight is 803 g/mol. The molecule has 1 atom stereocenters. The smallest absolute Gasteiger partial charge is 0.306 e. The molecule has 0 amide bonds. The predicted octanol–water partition coefficient (Wildman–Crippen LogP) is 14.8. The van der Waals surface area contributed by atoms with Gasteiger partial charge in [0.2, 0.25) is 0 Å². The fourth-order valence-electron chi connectivity index (χ4n) is 5.69. The van der Waals surface area contributed by atoms with Gasteiger partial charge < -0.3 is 14.2 Å². The summed E-state index contributed by atoms with van der Waals surface area (Å²) in [5.41, 5.74) is 0.